The summed E-state index contributed by atoms with van der Waals surface area (Å²) in [7, 11) is 0. The largest absolute Gasteiger partial charge is 0.358 e. The Kier molecular flexibility index (Phi) is 4.35. The van der Waals surface area contributed by atoms with E-state index < -0.39 is 0 Å². The molecule has 4 aromatic rings. The summed E-state index contributed by atoms with van der Waals surface area (Å²) >= 11 is 0. The molecule has 0 unspecified atom stereocenters. The molecule has 7 heteroatoms. The van der Waals surface area contributed by atoms with Gasteiger partial charge in [-0.2, -0.15) is 15.2 Å². The topological polar surface area (TPSA) is 72.9 Å². The summed E-state index contributed by atoms with van der Waals surface area (Å²) in [5, 5.41) is 12.9. The van der Waals surface area contributed by atoms with Crippen LogP contribution in [0.5, 0.6) is 0 Å². The first kappa shape index (κ1) is 17.6. The van der Waals surface area contributed by atoms with Gasteiger partial charge in [0.25, 0.3) is 0 Å². The molecule has 1 aliphatic rings. The predicted molar refractivity (Wildman–Crippen MR) is 110 cm³/mol. The molecular weight excluding hydrogens is 364 g/mol. The van der Waals surface area contributed by atoms with Crippen molar-refractivity contribution in [1.29, 1.82) is 0 Å². The second-order valence-corrected chi connectivity index (χ2v) is 7.49. The molecule has 0 bridgehead atoms. The third-order valence-electron chi connectivity index (χ3n) is 5.33. The molecule has 0 amide bonds. The van der Waals surface area contributed by atoms with E-state index in [0.29, 0.717) is 11.7 Å². The number of benzene rings is 2. The van der Waals surface area contributed by atoms with Crippen molar-refractivity contribution in [3.8, 4) is 17.1 Å². The molecule has 3 heterocycles. The molecule has 146 valence electrons. The van der Waals surface area contributed by atoms with E-state index >= 15 is 0 Å². The van der Waals surface area contributed by atoms with Crippen LogP contribution in [0.15, 0.2) is 59.4 Å². The smallest absolute Gasteiger partial charge is 0.249 e. The second kappa shape index (κ2) is 7.16. The molecular formula is C22H22N6O. The third-order valence-corrected chi connectivity index (χ3v) is 5.33. The van der Waals surface area contributed by atoms with Gasteiger partial charge in [0.1, 0.15) is 11.7 Å². The Bertz CT molecular complexity index is 1130. The van der Waals surface area contributed by atoms with E-state index in [0.717, 1.165) is 36.3 Å². The van der Waals surface area contributed by atoms with Crippen LogP contribution in [0, 0.1) is 13.8 Å². The highest BCUT2D eigenvalue weighted by Gasteiger charge is 2.33. The zero-order chi connectivity index (χ0) is 19.8. The van der Waals surface area contributed by atoms with Crippen LogP contribution in [0.2, 0.25) is 0 Å². The van der Waals surface area contributed by atoms with Gasteiger partial charge in [-0.05, 0) is 50.5 Å². The lowest BCUT2D eigenvalue weighted by Crippen LogP contribution is -2.24. The maximum atomic E-state index is 5.71. The highest BCUT2D eigenvalue weighted by Crippen LogP contribution is 2.39. The second-order valence-electron chi connectivity index (χ2n) is 7.49. The average Bonchev–Trinajstić information content (AvgIpc) is 3.48. The van der Waals surface area contributed by atoms with Crippen molar-refractivity contribution in [2.45, 2.75) is 32.7 Å². The number of hydrogen-bond donors (Lipinski definition) is 0. The number of nitrogens with zero attached hydrogens (tertiary/aromatic N) is 6. The van der Waals surface area contributed by atoms with E-state index in [-0.39, 0.29) is 6.04 Å². The van der Waals surface area contributed by atoms with Gasteiger partial charge in [0.05, 0.1) is 18.1 Å². The minimum Gasteiger partial charge on any atom is -0.358 e. The zero-order valence-electron chi connectivity index (χ0n) is 16.5. The van der Waals surface area contributed by atoms with Gasteiger partial charge in [0, 0.05) is 12.1 Å². The minimum absolute atomic E-state index is 0.0390. The Morgan fingerprint density at radius 1 is 0.966 bits per heavy atom. The van der Waals surface area contributed by atoms with E-state index in [4.69, 9.17) is 9.51 Å². The van der Waals surface area contributed by atoms with Gasteiger partial charge < -0.3 is 9.42 Å². The maximum absolute atomic E-state index is 5.71. The van der Waals surface area contributed by atoms with E-state index in [1.807, 2.05) is 12.1 Å². The van der Waals surface area contributed by atoms with Gasteiger partial charge >= 0.3 is 0 Å². The van der Waals surface area contributed by atoms with Crippen molar-refractivity contribution in [3.63, 3.8) is 0 Å². The van der Waals surface area contributed by atoms with Crippen molar-refractivity contribution in [1.82, 2.24) is 25.1 Å². The van der Waals surface area contributed by atoms with Gasteiger partial charge in [-0.15, -0.1) is 4.80 Å². The molecule has 7 nitrogen and oxygen atoms in total. The van der Waals surface area contributed by atoms with Crippen LogP contribution in [0.4, 0.5) is 5.69 Å². The Hall–Kier alpha value is -3.48. The molecule has 1 aliphatic heterocycles. The Morgan fingerprint density at radius 2 is 1.79 bits per heavy atom. The fraction of sp³-hybridized carbons (Fsp3) is 0.273. The van der Waals surface area contributed by atoms with E-state index in [1.165, 1.54) is 11.1 Å². The average molecular weight is 386 g/mol. The molecule has 0 radical (unpaired) electrons. The predicted octanol–water partition coefficient (Wildman–Crippen LogP) is 4.28. The molecule has 1 atom stereocenters. The molecule has 29 heavy (non-hydrogen) atoms. The summed E-state index contributed by atoms with van der Waals surface area (Å²) < 4.78 is 5.71. The van der Waals surface area contributed by atoms with Crippen LogP contribution in [-0.4, -0.2) is 31.7 Å². The van der Waals surface area contributed by atoms with Gasteiger partial charge in [-0.25, -0.2) is 0 Å². The Labute approximate surface area is 169 Å². The van der Waals surface area contributed by atoms with Gasteiger partial charge in [0.2, 0.25) is 11.7 Å². The lowest BCUT2D eigenvalue weighted by molar-refractivity contribution is 0.355. The molecule has 5 rings (SSSR count). The van der Waals surface area contributed by atoms with Crippen LogP contribution < -0.4 is 4.90 Å². The standard InChI is InChI=1S/C22H22N6O/c1-15-5-3-6-17(13-15)21-25-22(29-26-21)19-7-4-12-27(19)20-14-16(2)8-9-18(20)28-23-10-11-24-28/h3,5-6,8-11,13-14,19H,4,7,12H2,1-2H3/t19-/m0/s1. The summed E-state index contributed by atoms with van der Waals surface area (Å²) in [4.78, 5) is 8.73. The maximum Gasteiger partial charge on any atom is 0.249 e. The number of rotatable bonds is 4. The SMILES string of the molecule is Cc1cccc(-c2noc([C@@H]3CCCN3c3cc(C)ccc3-n3nccn3)n2)c1. The normalized spacial score (nSPS) is 16.5. The van der Waals surface area contributed by atoms with E-state index in [1.54, 1.807) is 17.2 Å². The molecule has 2 aromatic heterocycles. The van der Waals surface area contributed by atoms with Crippen molar-refractivity contribution >= 4 is 5.69 Å². The first-order valence-electron chi connectivity index (χ1n) is 9.84. The zero-order valence-corrected chi connectivity index (χ0v) is 16.5. The van der Waals surface area contributed by atoms with Crippen molar-refractivity contribution < 1.29 is 4.52 Å². The van der Waals surface area contributed by atoms with Crippen LogP contribution in [0.3, 0.4) is 0 Å². The lowest BCUT2D eigenvalue weighted by Gasteiger charge is -2.26. The monoisotopic (exact) mass is 386 g/mol. The van der Waals surface area contributed by atoms with Crippen LogP contribution in [0.25, 0.3) is 17.1 Å². The molecule has 0 aliphatic carbocycles. The fourth-order valence-corrected chi connectivity index (χ4v) is 3.96. The molecule has 2 aromatic carbocycles. The van der Waals surface area contributed by atoms with Crippen LogP contribution in [0.1, 0.15) is 35.9 Å². The fourth-order valence-electron chi connectivity index (χ4n) is 3.96. The van der Waals surface area contributed by atoms with Gasteiger partial charge in [-0.3, -0.25) is 0 Å². The van der Waals surface area contributed by atoms with Crippen molar-refractivity contribution in [2.24, 2.45) is 0 Å². The Morgan fingerprint density at radius 3 is 2.62 bits per heavy atom. The van der Waals surface area contributed by atoms with E-state index in [9.17, 15) is 0 Å². The number of hydrogen-bond acceptors (Lipinski definition) is 6. The van der Waals surface area contributed by atoms with Gasteiger partial charge in [0.15, 0.2) is 0 Å². The first-order valence-corrected chi connectivity index (χ1v) is 9.84. The highest BCUT2D eigenvalue weighted by molar-refractivity contribution is 5.65. The number of anilines is 1. The van der Waals surface area contributed by atoms with E-state index in [2.05, 4.69) is 64.4 Å². The summed E-state index contributed by atoms with van der Waals surface area (Å²) in [5.74, 6) is 1.29. The summed E-state index contributed by atoms with van der Waals surface area (Å²) in [6.07, 6.45) is 5.41. The molecule has 1 fully saturated rings. The quantitative estimate of drug-likeness (QED) is 0.521. The Balaban J connectivity index is 1.51. The van der Waals surface area contributed by atoms with Crippen molar-refractivity contribution in [3.05, 3.63) is 71.9 Å². The number of aryl methyl sites for hydroxylation is 2. The number of aromatic nitrogens is 5. The highest BCUT2D eigenvalue weighted by atomic mass is 16.5. The van der Waals surface area contributed by atoms with Crippen LogP contribution >= 0.6 is 0 Å². The molecule has 1 saturated heterocycles. The van der Waals surface area contributed by atoms with Gasteiger partial charge in [-0.1, -0.05) is 35.0 Å². The van der Waals surface area contributed by atoms with Crippen molar-refractivity contribution in [2.75, 3.05) is 11.4 Å². The molecule has 0 N–H and O–H groups in total. The summed E-state index contributed by atoms with van der Waals surface area (Å²) in [6.45, 7) is 5.08. The summed E-state index contributed by atoms with van der Waals surface area (Å²) in [6, 6.07) is 14.5. The minimum atomic E-state index is 0.0390. The summed E-state index contributed by atoms with van der Waals surface area (Å²) in [5.41, 5.74) is 5.37. The first-order chi connectivity index (χ1) is 14.2. The molecule has 0 spiro atoms. The molecule has 0 saturated carbocycles. The third kappa shape index (κ3) is 3.29. The lowest BCUT2D eigenvalue weighted by atomic mass is 10.1. The van der Waals surface area contributed by atoms with Crippen LogP contribution in [-0.2, 0) is 0 Å².